The fourth-order valence-electron chi connectivity index (χ4n) is 2.34. The number of amides is 1. The van der Waals surface area contributed by atoms with Crippen molar-refractivity contribution in [2.24, 2.45) is 0 Å². The molecule has 1 N–H and O–H groups in total. The van der Waals surface area contributed by atoms with Gasteiger partial charge in [0.05, 0.1) is 16.9 Å². The number of aromatic nitrogens is 3. The first-order chi connectivity index (χ1) is 11.5. The first-order valence-corrected chi connectivity index (χ1v) is 7.93. The van der Waals surface area contributed by atoms with Gasteiger partial charge in [-0.25, -0.2) is 4.68 Å². The van der Waals surface area contributed by atoms with Gasteiger partial charge in [-0.3, -0.25) is 9.78 Å². The highest BCUT2D eigenvalue weighted by Crippen LogP contribution is 2.22. The zero-order valence-electron chi connectivity index (χ0n) is 14.0. The number of hydrogen-bond donors (Lipinski definition) is 1. The van der Waals surface area contributed by atoms with E-state index in [9.17, 15) is 4.79 Å². The van der Waals surface area contributed by atoms with Crippen molar-refractivity contribution in [2.45, 2.75) is 26.7 Å². The van der Waals surface area contributed by atoms with Gasteiger partial charge in [0.15, 0.2) is 0 Å². The van der Waals surface area contributed by atoms with E-state index in [0.29, 0.717) is 11.4 Å². The van der Waals surface area contributed by atoms with Crippen molar-refractivity contribution in [3.8, 4) is 5.69 Å². The molecule has 5 heteroatoms. The van der Waals surface area contributed by atoms with E-state index in [4.69, 9.17) is 0 Å². The maximum Gasteiger partial charge on any atom is 0.258 e. The van der Waals surface area contributed by atoms with Gasteiger partial charge in [-0.15, -0.1) is 0 Å². The lowest BCUT2D eigenvalue weighted by molar-refractivity contribution is 0.102. The second-order valence-electron chi connectivity index (χ2n) is 6.05. The second kappa shape index (κ2) is 6.66. The summed E-state index contributed by atoms with van der Waals surface area (Å²) in [6, 6.07) is 13.4. The summed E-state index contributed by atoms with van der Waals surface area (Å²) in [5, 5.41) is 7.58. The fraction of sp³-hybridized carbons (Fsp3) is 0.211. The zero-order chi connectivity index (χ0) is 17.1. The molecule has 3 rings (SSSR count). The Morgan fingerprint density at radius 2 is 1.92 bits per heavy atom. The molecule has 2 aromatic heterocycles. The number of pyridine rings is 1. The predicted molar refractivity (Wildman–Crippen MR) is 94.6 cm³/mol. The molecular weight excluding hydrogens is 300 g/mol. The van der Waals surface area contributed by atoms with Gasteiger partial charge >= 0.3 is 0 Å². The number of carbonyl (C=O) groups is 1. The summed E-state index contributed by atoms with van der Waals surface area (Å²) < 4.78 is 1.77. The van der Waals surface area contributed by atoms with Crippen LogP contribution in [0.2, 0.25) is 0 Å². The molecule has 0 saturated carbocycles. The van der Waals surface area contributed by atoms with Gasteiger partial charge in [0, 0.05) is 18.5 Å². The number of carbonyl (C=O) groups excluding carboxylic acids is 1. The van der Waals surface area contributed by atoms with Gasteiger partial charge < -0.3 is 5.32 Å². The van der Waals surface area contributed by atoms with E-state index in [1.165, 1.54) is 5.56 Å². The molecule has 0 spiro atoms. The standard InChI is InChI=1S/C19H20N4O/c1-13(2)17-11-18(21-19(24)15-5-4-10-20-12-15)23(22-17)16-8-6-14(3)7-9-16/h4-13H,1-3H3,(H,21,24). The molecule has 0 saturated heterocycles. The van der Waals surface area contributed by atoms with Crippen molar-refractivity contribution >= 4 is 11.7 Å². The molecule has 24 heavy (non-hydrogen) atoms. The number of rotatable bonds is 4. The van der Waals surface area contributed by atoms with Gasteiger partial charge in [-0.2, -0.15) is 5.10 Å². The van der Waals surface area contributed by atoms with Gasteiger partial charge in [0.2, 0.25) is 0 Å². The Kier molecular flexibility index (Phi) is 4.42. The lowest BCUT2D eigenvalue weighted by Gasteiger charge is -2.09. The molecular formula is C19H20N4O. The average Bonchev–Trinajstić information content (AvgIpc) is 3.00. The summed E-state index contributed by atoms with van der Waals surface area (Å²) >= 11 is 0. The van der Waals surface area contributed by atoms with Crippen molar-refractivity contribution < 1.29 is 4.79 Å². The topological polar surface area (TPSA) is 59.8 Å². The van der Waals surface area contributed by atoms with Crippen LogP contribution in [0.5, 0.6) is 0 Å². The molecule has 0 atom stereocenters. The molecule has 0 aliphatic carbocycles. The zero-order valence-corrected chi connectivity index (χ0v) is 14.0. The van der Waals surface area contributed by atoms with Crippen LogP contribution in [0.1, 0.15) is 41.4 Å². The molecule has 3 aromatic rings. The molecule has 5 nitrogen and oxygen atoms in total. The number of aryl methyl sites for hydroxylation is 1. The van der Waals surface area contributed by atoms with Crippen LogP contribution in [0, 0.1) is 6.92 Å². The highest BCUT2D eigenvalue weighted by Gasteiger charge is 2.15. The second-order valence-corrected chi connectivity index (χ2v) is 6.05. The molecule has 0 aliphatic rings. The Morgan fingerprint density at radius 3 is 2.54 bits per heavy atom. The van der Waals surface area contributed by atoms with Gasteiger partial charge in [-0.1, -0.05) is 31.5 Å². The van der Waals surface area contributed by atoms with Crippen LogP contribution in [0.15, 0.2) is 54.9 Å². The quantitative estimate of drug-likeness (QED) is 0.792. The molecule has 0 radical (unpaired) electrons. The van der Waals surface area contributed by atoms with Crippen molar-refractivity contribution in [2.75, 3.05) is 5.32 Å². The van der Waals surface area contributed by atoms with Gasteiger partial charge in [-0.05, 0) is 37.1 Å². The normalized spacial score (nSPS) is 10.8. The Hall–Kier alpha value is -2.95. The highest BCUT2D eigenvalue weighted by atomic mass is 16.1. The molecule has 1 amide bonds. The maximum atomic E-state index is 12.4. The average molecular weight is 320 g/mol. The van der Waals surface area contributed by atoms with Crippen molar-refractivity contribution in [1.29, 1.82) is 0 Å². The SMILES string of the molecule is Cc1ccc(-n2nc(C(C)C)cc2NC(=O)c2cccnc2)cc1. The summed E-state index contributed by atoms with van der Waals surface area (Å²) in [6.07, 6.45) is 3.19. The molecule has 0 aliphatic heterocycles. The Labute approximate surface area is 141 Å². The van der Waals surface area contributed by atoms with Crippen LogP contribution in [-0.4, -0.2) is 20.7 Å². The maximum absolute atomic E-state index is 12.4. The molecule has 0 unspecified atom stereocenters. The van der Waals surface area contributed by atoms with E-state index in [1.54, 1.807) is 29.2 Å². The largest absolute Gasteiger partial charge is 0.306 e. The first-order valence-electron chi connectivity index (χ1n) is 7.93. The molecule has 122 valence electrons. The Bertz CT molecular complexity index is 836. The van der Waals surface area contributed by atoms with Crippen LogP contribution in [-0.2, 0) is 0 Å². The number of hydrogen-bond acceptors (Lipinski definition) is 3. The van der Waals surface area contributed by atoms with Crippen LogP contribution < -0.4 is 5.32 Å². The third-order valence-electron chi connectivity index (χ3n) is 3.76. The van der Waals surface area contributed by atoms with E-state index in [-0.39, 0.29) is 11.8 Å². The monoisotopic (exact) mass is 320 g/mol. The summed E-state index contributed by atoms with van der Waals surface area (Å²) in [5.74, 6) is 0.716. The summed E-state index contributed by atoms with van der Waals surface area (Å²) in [5.41, 5.74) is 3.53. The van der Waals surface area contributed by atoms with Crippen molar-refractivity contribution in [3.63, 3.8) is 0 Å². The lowest BCUT2D eigenvalue weighted by atomic mass is 10.1. The van der Waals surface area contributed by atoms with Crippen molar-refractivity contribution in [3.05, 3.63) is 71.7 Å². The Balaban J connectivity index is 1.97. The lowest BCUT2D eigenvalue weighted by Crippen LogP contribution is -2.15. The van der Waals surface area contributed by atoms with Gasteiger partial charge in [0.1, 0.15) is 5.82 Å². The van der Waals surface area contributed by atoms with Gasteiger partial charge in [0.25, 0.3) is 5.91 Å². The summed E-state index contributed by atoms with van der Waals surface area (Å²) in [7, 11) is 0. The van der Waals surface area contributed by atoms with E-state index in [2.05, 4.69) is 29.2 Å². The minimum atomic E-state index is -0.202. The van der Waals surface area contributed by atoms with Crippen molar-refractivity contribution in [1.82, 2.24) is 14.8 Å². The summed E-state index contributed by atoms with van der Waals surface area (Å²) in [4.78, 5) is 16.4. The van der Waals surface area contributed by atoms with E-state index < -0.39 is 0 Å². The third kappa shape index (κ3) is 3.35. The Morgan fingerprint density at radius 1 is 1.17 bits per heavy atom. The van der Waals surface area contributed by atoms with Crippen LogP contribution in [0.4, 0.5) is 5.82 Å². The van der Waals surface area contributed by atoms with Crippen LogP contribution in [0.3, 0.4) is 0 Å². The summed E-state index contributed by atoms with van der Waals surface area (Å²) in [6.45, 7) is 6.20. The molecule has 0 fully saturated rings. The number of benzene rings is 1. The minimum absolute atomic E-state index is 0.202. The van der Waals surface area contributed by atoms with E-state index in [0.717, 1.165) is 11.4 Å². The van der Waals surface area contributed by atoms with Crippen LogP contribution in [0.25, 0.3) is 5.69 Å². The fourth-order valence-corrected chi connectivity index (χ4v) is 2.34. The molecule has 1 aromatic carbocycles. The number of nitrogens with one attached hydrogen (secondary N) is 1. The minimum Gasteiger partial charge on any atom is -0.306 e. The third-order valence-corrected chi connectivity index (χ3v) is 3.76. The van der Waals surface area contributed by atoms with E-state index >= 15 is 0 Å². The predicted octanol–water partition coefficient (Wildman–Crippen LogP) is 3.95. The number of nitrogens with zero attached hydrogens (tertiary/aromatic N) is 3. The molecule has 2 heterocycles. The van der Waals surface area contributed by atoms with E-state index in [1.807, 2.05) is 37.3 Å². The smallest absolute Gasteiger partial charge is 0.258 e. The first kappa shape index (κ1) is 15.9. The molecule has 0 bridgehead atoms. The highest BCUT2D eigenvalue weighted by molar-refractivity contribution is 6.03. The van der Waals surface area contributed by atoms with Crippen LogP contribution >= 0.6 is 0 Å². The number of anilines is 1.